The van der Waals surface area contributed by atoms with E-state index < -0.39 is 29.2 Å². The summed E-state index contributed by atoms with van der Waals surface area (Å²) in [5.41, 5.74) is 4.08. The van der Waals surface area contributed by atoms with Gasteiger partial charge in [0, 0.05) is 6.61 Å². The molecule has 6 nitrogen and oxygen atoms in total. The lowest BCUT2D eigenvalue weighted by atomic mass is 10.1. The third-order valence-corrected chi connectivity index (χ3v) is 2.76. The van der Waals surface area contributed by atoms with Crippen molar-refractivity contribution in [2.75, 3.05) is 26.4 Å². The fraction of sp³-hybridized carbons (Fsp3) is 0.500. The maximum Gasteiger partial charge on any atom is 0.254 e. The van der Waals surface area contributed by atoms with Gasteiger partial charge in [-0.2, -0.15) is 0 Å². The van der Waals surface area contributed by atoms with E-state index in [0.29, 0.717) is 19.4 Å². The van der Waals surface area contributed by atoms with E-state index in [1.54, 1.807) is 0 Å². The van der Waals surface area contributed by atoms with Gasteiger partial charge in [-0.3, -0.25) is 4.79 Å². The lowest BCUT2D eigenvalue weighted by Crippen LogP contribution is -2.19. The molecule has 1 atom stereocenters. The summed E-state index contributed by atoms with van der Waals surface area (Å²) < 4.78 is 37.3. The number of primary amides is 1. The van der Waals surface area contributed by atoms with Crippen LogP contribution in [0.5, 0.6) is 5.75 Å². The molecule has 1 unspecified atom stereocenters. The Morgan fingerprint density at radius 3 is 2.59 bits per heavy atom. The van der Waals surface area contributed by atoms with Crippen molar-refractivity contribution in [1.82, 2.24) is 0 Å². The Kier molecular flexibility index (Phi) is 7.72. The molecule has 0 aliphatic heterocycles. The van der Waals surface area contributed by atoms with Gasteiger partial charge < -0.3 is 25.4 Å². The van der Waals surface area contributed by atoms with E-state index in [9.17, 15) is 13.6 Å². The molecule has 0 aliphatic rings. The van der Waals surface area contributed by atoms with Crippen molar-refractivity contribution in [3.05, 3.63) is 29.3 Å². The second kappa shape index (κ2) is 9.29. The van der Waals surface area contributed by atoms with Gasteiger partial charge in [0.1, 0.15) is 17.5 Å². The Morgan fingerprint density at radius 2 is 1.95 bits per heavy atom. The molecule has 0 fully saturated rings. The molecular weight excluding hydrogens is 300 g/mol. The molecule has 1 aromatic carbocycles. The highest BCUT2D eigenvalue weighted by atomic mass is 19.1. The number of hydrogen-bond donors (Lipinski definition) is 3. The third kappa shape index (κ3) is 5.55. The summed E-state index contributed by atoms with van der Waals surface area (Å²) in [5, 5.41) is 17.6. The Hall–Kier alpha value is -1.77. The molecule has 0 aliphatic carbocycles. The van der Waals surface area contributed by atoms with E-state index in [0.717, 1.165) is 12.1 Å². The summed E-state index contributed by atoms with van der Waals surface area (Å²) >= 11 is 0. The first kappa shape index (κ1) is 18.3. The van der Waals surface area contributed by atoms with Crippen LogP contribution in [-0.4, -0.2) is 48.7 Å². The number of carbonyl (C=O) groups is 1. The first-order valence-electron chi connectivity index (χ1n) is 6.74. The lowest BCUT2D eigenvalue weighted by molar-refractivity contribution is 0.00481. The Morgan fingerprint density at radius 1 is 1.27 bits per heavy atom. The van der Waals surface area contributed by atoms with Crippen molar-refractivity contribution >= 4 is 5.91 Å². The molecule has 4 N–H and O–H groups in total. The number of halogens is 2. The van der Waals surface area contributed by atoms with Crippen LogP contribution in [0.2, 0.25) is 0 Å². The molecule has 0 bridgehead atoms. The van der Waals surface area contributed by atoms with Crippen molar-refractivity contribution in [1.29, 1.82) is 0 Å². The monoisotopic (exact) mass is 319 g/mol. The number of rotatable bonds is 10. The minimum atomic E-state index is -1.20. The van der Waals surface area contributed by atoms with Crippen molar-refractivity contribution in [2.45, 2.75) is 18.9 Å². The molecular formula is C14H19F2NO5. The maximum absolute atomic E-state index is 13.8. The van der Waals surface area contributed by atoms with Gasteiger partial charge in [-0.25, -0.2) is 8.78 Å². The highest BCUT2D eigenvalue weighted by Crippen LogP contribution is 2.23. The number of aliphatic hydroxyl groups excluding tert-OH is 2. The molecule has 0 saturated carbocycles. The standard InChI is InChI=1S/C14H19F2NO5/c15-10-3-4-11(13(16)12(10)14(17)20)22-6-2-1-5-21-8-9(19)7-18/h3-4,9,18-19H,1-2,5-8H2,(H2,17,20). The SMILES string of the molecule is NC(=O)c1c(F)ccc(OCCCCOCC(O)CO)c1F. The Labute approximate surface area is 126 Å². The molecule has 0 aromatic heterocycles. The van der Waals surface area contributed by atoms with Crippen LogP contribution < -0.4 is 10.5 Å². The highest BCUT2D eigenvalue weighted by molar-refractivity contribution is 5.93. The molecule has 0 heterocycles. The predicted molar refractivity (Wildman–Crippen MR) is 73.5 cm³/mol. The molecule has 22 heavy (non-hydrogen) atoms. The first-order chi connectivity index (χ1) is 10.5. The van der Waals surface area contributed by atoms with E-state index in [1.807, 2.05) is 0 Å². The van der Waals surface area contributed by atoms with E-state index in [4.69, 9.17) is 25.4 Å². The van der Waals surface area contributed by atoms with Gasteiger partial charge in [0.25, 0.3) is 5.91 Å². The van der Waals surface area contributed by atoms with Crippen LogP contribution in [0.3, 0.4) is 0 Å². The van der Waals surface area contributed by atoms with Gasteiger partial charge in [-0.05, 0) is 25.0 Å². The predicted octanol–water partition coefficient (Wildman–Crippen LogP) is 0.592. The van der Waals surface area contributed by atoms with Gasteiger partial charge in [-0.15, -0.1) is 0 Å². The number of amides is 1. The van der Waals surface area contributed by atoms with Crippen molar-refractivity contribution in [3.63, 3.8) is 0 Å². The van der Waals surface area contributed by atoms with Crippen molar-refractivity contribution < 1.29 is 33.3 Å². The first-order valence-corrected chi connectivity index (χ1v) is 6.74. The second-order valence-corrected chi connectivity index (χ2v) is 4.57. The van der Waals surface area contributed by atoms with Gasteiger partial charge in [-0.1, -0.05) is 0 Å². The largest absolute Gasteiger partial charge is 0.490 e. The van der Waals surface area contributed by atoms with Crippen LogP contribution in [0.4, 0.5) is 8.78 Å². The summed E-state index contributed by atoms with van der Waals surface area (Å²) in [5.74, 6) is -3.59. The van der Waals surface area contributed by atoms with Crippen LogP contribution in [0, 0.1) is 11.6 Å². The molecule has 0 radical (unpaired) electrons. The summed E-state index contributed by atoms with van der Waals surface area (Å²) in [6, 6.07) is 2.00. The summed E-state index contributed by atoms with van der Waals surface area (Å²) in [4.78, 5) is 11.0. The number of nitrogens with two attached hydrogens (primary N) is 1. The fourth-order valence-corrected chi connectivity index (χ4v) is 1.63. The number of ether oxygens (including phenoxy) is 2. The molecule has 1 amide bonds. The topological polar surface area (TPSA) is 102 Å². The van der Waals surface area contributed by atoms with Crippen LogP contribution in [-0.2, 0) is 4.74 Å². The zero-order chi connectivity index (χ0) is 16.5. The summed E-state index contributed by atoms with van der Waals surface area (Å²) in [6.07, 6.45) is 0.207. The average molecular weight is 319 g/mol. The Balaban J connectivity index is 2.34. The number of carbonyl (C=O) groups excluding carboxylic acids is 1. The van der Waals surface area contributed by atoms with E-state index in [1.165, 1.54) is 0 Å². The zero-order valence-electron chi connectivity index (χ0n) is 11.9. The Bertz CT molecular complexity index is 498. The van der Waals surface area contributed by atoms with Crippen molar-refractivity contribution in [2.24, 2.45) is 5.73 Å². The van der Waals surface area contributed by atoms with Crippen LogP contribution >= 0.6 is 0 Å². The third-order valence-electron chi connectivity index (χ3n) is 2.76. The van der Waals surface area contributed by atoms with Gasteiger partial charge >= 0.3 is 0 Å². The van der Waals surface area contributed by atoms with Crippen molar-refractivity contribution in [3.8, 4) is 5.75 Å². The molecule has 124 valence electrons. The van der Waals surface area contributed by atoms with E-state index >= 15 is 0 Å². The fourth-order valence-electron chi connectivity index (χ4n) is 1.63. The molecule has 0 saturated heterocycles. The van der Waals surface area contributed by atoms with Gasteiger partial charge in [0.15, 0.2) is 11.6 Å². The quantitative estimate of drug-likeness (QED) is 0.548. The second-order valence-electron chi connectivity index (χ2n) is 4.57. The van der Waals surface area contributed by atoms with Gasteiger partial charge in [0.2, 0.25) is 0 Å². The number of hydrogen-bond acceptors (Lipinski definition) is 5. The average Bonchev–Trinajstić information content (AvgIpc) is 2.47. The zero-order valence-corrected chi connectivity index (χ0v) is 11.9. The number of aliphatic hydroxyl groups is 2. The highest BCUT2D eigenvalue weighted by Gasteiger charge is 2.19. The van der Waals surface area contributed by atoms with E-state index in [2.05, 4.69) is 0 Å². The molecule has 0 spiro atoms. The van der Waals surface area contributed by atoms with E-state index in [-0.39, 0.29) is 25.6 Å². The number of benzene rings is 1. The van der Waals surface area contributed by atoms with Crippen LogP contribution in [0.15, 0.2) is 12.1 Å². The minimum absolute atomic E-state index is 0.0336. The van der Waals surface area contributed by atoms with Gasteiger partial charge in [0.05, 0.1) is 19.8 Å². The minimum Gasteiger partial charge on any atom is -0.490 e. The lowest BCUT2D eigenvalue weighted by Gasteiger charge is -2.10. The molecule has 8 heteroatoms. The maximum atomic E-state index is 13.8. The summed E-state index contributed by atoms with van der Waals surface area (Å²) in [6.45, 7) is 0.159. The smallest absolute Gasteiger partial charge is 0.254 e. The molecule has 1 rings (SSSR count). The number of unbranched alkanes of at least 4 members (excludes halogenated alkanes) is 1. The van der Waals surface area contributed by atoms with Crippen LogP contribution in [0.25, 0.3) is 0 Å². The normalized spacial score (nSPS) is 12.2. The van der Waals surface area contributed by atoms with Crippen LogP contribution in [0.1, 0.15) is 23.2 Å². The summed E-state index contributed by atoms with van der Waals surface area (Å²) in [7, 11) is 0. The molecule has 1 aromatic rings.